The van der Waals surface area contributed by atoms with Gasteiger partial charge in [-0.3, -0.25) is 14.5 Å². The van der Waals surface area contributed by atoms with Gasteiger partial charge in [0.1, 0.15) is 5.82 Å². The van der Waals surface area contributed by atoms with E-state index in [-0.39, 0.29) is 23.3 Å². The van der Waals surface area contributed by atoms with Crippen LogP contribution in [0.5, 0.6) is 0 Å². The van der Waals surface area contributed by atoms with Crippen LogP contribution in [-0.2, 0) is 24.3 Å². The molecule has 0 spiro atoms. The first-order valence-corrected chi connectivity index (χ1v) is 11.0. The number of aromatic amines is 1. The molecule has 0 unspecified atom stereocenters. The van der Waals surface area contributed by atoms with E-state index >= 15 is 0 Å². The molecule has 2 aromatic rings. The first-order valence-electron chi connectivity index (χ1n) is 10.2. The maximum Gasteiger partial charge on any atom is 0.255 e. The lowest BCUT2D eigenvalue weighted by Gasteiger charge is -2.34. The fourth-order valence-corrected chi connectivity index (χ4v) is 4.96. The monoisotopic (exact) mass is 400 g/mol. The van der Waals surface area contributed by atoms with E-state index in [2.05, 4.69) is 27.4 Å². The number of hydrogen-bond acceptors (Lipinski definition) is 5. The standard InChI is InChI=1S/C21H28N4O2S/c1-14(2)21(27)25-8-3-5-15(11-25)19-22-18-7-9-24(12-16-6-4-10-28-16)13-17(18)20(26)23-19/h4,6,10,14-15H,3,5,7-9,11-13H2,1-2H3,(H,22,23,26)/t15-/m1/s1. The summed E-state index contributed by atoms with van der Waals surface area (Å²) in [7, 11) is 0. The molecule has 0 radical (unpaired) electrons. The third kappa shape index (κ3) is 4.05. The van der Waals surface area contributed by atoms with Crippen LogP contribution in [-0.4, -0.2) is 45.3 Å². The topological polar surface area (TPSA) is 69.3 Å². The largest absolute Gasteiger partial charge is 0.342 e. The zero-order valence-electron chi connectivity index (χ0n) is 16.6. The van der Waals surface area contributed by atoms with Crippen molar-refractivity contribution < 1.29 is 4.79 Å². The van der Waals surface area contributed by atoms with E-state index in [1.807, 2.05) is 18.7 Å². The highest BCUT2D eigenvalue weighted by atomic mass is 32.1. The molecule has 0 aromatic carbocycles. The number of rotatable bonds is 4. The molecule has 4 rings (SSSR count). The Hall–Kier alpha value is -1.99. The second-order valence-corrected chi connectivity index (χ2v) is 9.23. The first-order chi connectivity index (χ1) is 13.5. The van der Waals surface area contributed by atoms with E-state index in [4.69, 9.17) is 4.98 Å². The van der Waals surface area contributed by atoms with Crippen LogP contribution in [0.4, 0.5) is 0 Å². The number of likely N-dealkylation sites (tertiary alicyclic amines) is 1. The van der Waals surface area contributed by atoms with Crippen LogP contribution in [0, 0.1) is 5.92 Å². The number of piperidine rings is 1. The van der Waals surface area contributed by atoms with Crippen molar-refractivity contribution in [3.8, 4) is 0 Å². The summed E-state index contributed by atoms with van der Waals surface area (Å²) in [4.78, 5) is 38.6. The Labute approximate surface area is 169 Å². The number of H-pyrrole nitrogens is 1. The van der Waals surface area contributed by atoms with E-state index in [1.54, 1.807) is 11.3 Å². The maximum atomic E-state index is 12.8. The summed E-state index contributed by atoms with van der Waals surface area (Å²) in [5.41, 5.74) is 1.73. The van der Waals surface area contributed by atoms with Gasteiger partial charge in [-0.05, 0) is 24.3 Å². The summed E-state index contributed by atoms with van der Waals surface area (Å²) >= 11 is 1.75. The summed E-state index contributed by atoms with van der Waals surface area (Å²) < 4.78 is 0. The SMILES string of the molecule is CC(C)C(=O)N1CCC[C@@H](c2nc3c(c(=O)[nH]2)CN(Cc2cccs2)CC3)C1. The number of carbonyl (C=O) groups excluding carboxylic acids is 1. The molecule has 1 atom stereocenters. The highest BCUT2D eigenvalue weighted by Gasteiger charge is 2.29. The molecular weight excluding hydrogens is 372 g/mol. The van der Waals surface area contributed by atoms with Crippen molar-refractivity contribution in [3.63, 3.8) is 0 Å². The summed E-state index contributed by atoms with van der Waals surface area (Å²) in [6.07, 6.45) is 2.73. The zero-order valence-corrected chi connectivity index (χ0v) is 17.4. The van der Waals surface area contributed by atoms with Gasteiger partial charge >= 0.3 is 0 Å². The van der Waals surface area contributed by atoms with Crippen LogP contribution in [0.2, 0.25) is 0 Å². The summed E-state index contributed by atoms with van der Waals surface area (Å²) in [6.45, 7) is 7.79. The van der Waals surface area contributed by atoms with Gasteiger partial charge in [-0.2, -0.15) is 0 Å². The molecule has 1 fully saturated rings. The predicted octanol–water partition coefficient (Wildman–Crippen LogP) is 2.75. The quantitative estimate of drug-likeness (QED) is 0.857. The highest BCUT2D eigenvalue weighted by Crippen LogP contribution is 2.26. The summed E-state index contributed by atoms with van der Waals surface area (Å²) in [6, 6.07) is 4.20. The van der Waals surface area contributed by atoms with Crippen LogP contribution in [0.15, 0.2) is 22.3 Å². The van der Waals surface area contributed by atoms with Gasteiger partial charge in [0.05, 0.1) is 11.3 Å². The highest BCUT2D eigenvalue weighted by molar-refractivity contribution is 7.09. The molecule has 6 nitrogen and oxygen atoms in total. The van der Waals surface area contributed by atoms with E-state index in [0.29, 0.717) is 13.1 Å². The van der Waals surface area contributed by atoms with Crippen LogP contribution < -0.4 is 5.56 Å². The smallest absolute Gasteiger partial charge is 0.255 e. The first kappa shape index (κ1) is 19.3. The number of carbonyl (C=O) groups is 1. The van der Waals surface area contributed by atoms with Gasteiger partial charge in [-0.1, -0.05) is 19.9 Å². The van der Waals surface area contributed by atoms with Crippen LogP contribution >= 0.6 is 11.3 Å². The Bertz CT molecular complexity index is 890. The average molecular weight is 401 g/mol. The molecule has 0 saturated carbocycles. The Balaban J connectivity index is 1.50. The molecule has 1 N–H and O–H groups in total. The zero-order chi connectivity index (χ0) is 19.7. The Morgan fingerprint density at radius 1 is 1.39 bits per heavy atom. The normalized spacial score (nSPS) is 20.4. The number of fused-ring (bicyclic) bond motifs is 1. The van der Waals surface area contributed by atoms with Gasteiger partial charge in [0.25, 0.3) is 5.56 Å². The third-order valence-corrected chi connectivity index (χ3v) is 6.60. The van der Waals surface area contributed by atoms with Gasteiger partial charge < -0.3 is 9.88 Å². The number of thiophene rings is 1. The number of nitrogens with one attached hydrogen (secondary N) is 1. The molecule has 2 aliphatic heterocycles. The van der Waals surface area contributed by atoms with Crippen molar-refractivity contribution >= 4 is 17.2 Å². The molecule has 7 heteroatoms. The Kier molecular flexibility index (Phi) is 5.64. The lowest BCUT2D eigenvalue weighted by atomic mass is 9.95. The van der Waals surface area contributed by atoms with E-state index in [0.717, 1.165) is 56.0 Å². The van der Waals surface area contributed by atoms with E-state index < -0.39 is 0 Å². The van der Waals surface area contributed by atoms with Gasteiger partial charge in [-0.25, -0.2) is 4.98 Å². The molecule has 150 valence electrons. The van der Waals surface area contributed by atoms with Gasteiger partial charge in [-0.15, -0.1) is 11.3 Å². The fourth-order valence-electron chi connectivity index (χ4n) is 4.22. The number of nitrogens with zero attached hydrogens (tertiary/aromatic N) is 3. The van der Waals surface area contributed by atoms with Gasteiger partial charge in [0.2, 0.25) is 5.91 Å². The number of amides is 1. The van der Waals surface area contributed by atoms with Crippen molar-refractivity contribution in [1.82, 2.24) is 19.8 Å². The minimum Gasteiger partial charge on any atom is -0.342 e. The van der Waals surface area contributed by atoms with Crippen molar-refractivity contribution in [2.24, 2.45) is 5.92 Å². The minimum atomic E-state index is -0.0109. The third-order valence-electron chi connectivity index (χ3n) is 5.74. The van der Waals surface area contributed by atoms with Crippen LogP contribution in [0.25, 0.3) is 0 Å². The minimum absolute atomic E-state index is 0.00335. The summed E-state index contributed by atoms with van der Waals surface area (Å²) in [5, 5.41) is 2.09. The molecule has 1 saturated heterocycles. The molecule has 0 bridgehead atoms. The van der Waals surface area contributed by atoms with E-state index in [1.165, 1.54) is 4.88 Å². The summed E-state index contributed by atoms with van der Waals surface area (Å²) in [5.74, 6) is 1.08. The van der Waals surface area contributed by atoms with E-state index in [9.17, 15) is 9.59 Å². The van der Waals surface area contributed by atoms with Crippen LogP contribution in [0.1, 0.15) is 54.6 Å². The lowest BCUT2D eigenvalue weighted by Crippen LogP contribution is -2.42. The van der Waals surface area contributed by atoms with Crippen molar-refractivity contribution in [2.75, 3.05) is 19.6 Å². The van der Waals surface area contributed by atoms with Crippen molar-refractivity contribution in [3.05, 3.63) is 49.8 Å². The molecular formula is C21H28N4O2S. The van der Waals surface area contributed by atoms with Gasteiger partial charge in [0.15, 0.2) is 0 Å². The van der Waals surface area contributed by atoms with Crippen molar-refractivity contribution in [1.29, 1.82) is 0 Å². The molecule has 1 amide bonds. The number of aromatic nitrogens is 2. The average Bonchev–Trinajstić information content (AvgIpc) is 3.20. The maximum absolute atomic E-state index is 12.8. The lowest BCUT2D eigenvalue weighted by molar-refractivity contribution is -0.135. The second-order valence-electron chi connectivity index (χ2n) is 8.19. The molecule has 2 aromatic heterocycles. The van der Waals surface area contributed by atoms with Crippen molar-refractivity contribution in [2.45, 2.75) is 52.1 Å². The molecule has 0 aliphatic carbocycles. The molecule has 2 aliphatic rings. The molecule has 4 heterocycles. The molecule has 28 heavy (non-hydrogen) atoms. The van der Waals surface area contributed by atoms with Crippen LogP contribution in [0.3, 0.4) is 0 Å². The predicted molar refractivity (Wildman–Crippen MR) is 110 cm³/mol. The Morgan fingerprint density at radius 3 is 3.00 bits per heavy atom. The Morgan fingerprint density at radius 2 is 2.25 bits per heavy atom. The fraction of sp³-hybridized carbons (Fsp3) is 0.571. The second kappa shape index (κ2) is 8.17. The number of hydrogen-bond donors (Lipinski definition) is 1. The van der Waals surface area contributed by atoms with Gasteiger partial charge in [0, 0.05) is 55.9 Å².